The van der Waals surface area contributed by atoms with E-state index >= 15 is 0 Å². The molecule has 9 rings (SSSR count). The van der Waals surface area contributed by atoms with E-state index in [9.17, 15) is 0 Å². The van der Waals surface area contributed by atoms with E-state index in [4.69, 9.17) is 9.16 Å². The van der Waals surface area contributed by atoms with E-state index < -0.39 is 14.1 Å². The fourth-order valence-corrected chi connectivity index (χ4v) is 15.8. The van der Waals surface area contributed by atoms with Crippen LogP contribution in [0.4, 0.5) is 11.4 Å². The summed E-state index contributed by atoms with van der Waals surface area (Å²) in [6.45, 7) is 8.95. The van der Waals surface area contributed by atoms with Crippen LogP contribution in [0, 0.1) is 0 Å². The minimum Gasteiger partial charge on any atom is -0.454 e. The van der Waals surface area contributed by atoms with Gasteiger partial charge in [0.1, 0.15) is 11.2 Å². The molecular formula is C54H49N2OP2+. The number of para-hydroxylation sites is 2. The van der Waals surface area contributed by atoms with Crippen molar-refractivity contribution in [2.24, 2.45) is 4.74 Å². The van der Waals surface area contributed by atoms with Crippen LogP contribution in [0.1, 0.15) is 50.7 Å². The maximum Gasteiger partial charge on any atom is 0.199 e. The van der Waals surface area contributed by atoms with Gasteiger partial charge < -0.3 is 4.42 Å². The number of rotatable bonds is 10. The predicted octanol–water partition coefficient (Wildman–Crippen LogP) is 11.5. The highest BCUT2D eigenvalue weighted by atomic mass is 31.2. The molecule has 0 radical (unpaired) electrons. The summed E-state index contributed by atoms with van der Waals surface area (Å²) >= 11 is 0. The first kappa shape index (κ1) is 38.5. The molecule has 0 saturated heterocycles. The number of nitrogens with one attached hydrogen (secondary N) is 1. The second-order valence-electron chi connectivity index (χ2n) is 15.8. The Balaban J connectivity index is 1.41. The van der Waals surface area contributed by atoms with Gasteiger partial charge in [-0.25, -0.2) is 4.74 Å². The Hall–Kier alpha value is -5.98. The third-order valence-corrected chi connectivity index (χ3v) is 18.9. The van der Waals surface area contributed by atoms with Gasteiger partial charge in [0.2, 0.25) is 0 Å². The first-order chi connectivity index (χ1) is 28.9. The minimum absolute atomic E-state index is 0.431. The molecule has 0 saturated carbocycles. The van der Waals surface area contributed by atoms with Gasteiger partial charge in [-0.3, -0.25) is 4.74 Å². The molecule has 8 aromatic carbocycles. The van der Waals surface area contributed by atoms with Crippen molar-refractivity contribution < 1.29 is 9.16 Å². The first-order valence-electron chi connectivity index (χ1n) is 20.6. The molecule has 1 heterocycles. The lowest BCUT2D eigenvalue weighted by molar-refractivity contribution is -0.326. The lowest BCUT2D eigenvalue weighted by atomic mass is 10.0. The Morgan fingerprint density at radius 1 is 0.407 bits per heavy atom. The quantitative estimate of drug-likeness (QED) is 0.137. The molecule has 0 aliphatic rings. The smallest absolute Gasteiger partial charge is 0.199 e. The average molecular weight is 804 g/mol. The van der Waals surface area contributed by atoms with Gasteiger partial charge >= 0.3 is 0 Å². The van der Waals surface area contributed by atoms with E-state index in [1.807, 2.05) is 0 Å². The Bertz CT molecular complexity index is 2680. The molecule has 0 spiro atoms. The molecule has 290 valence electrons. The van der Waals surface area contributed by atoms with E-state index in [0.29, 0.717) is 11.8 Å². The van der Waals surface area contributed by atoms with Crippen molar-refractivity contribution in [3.05, 3.63) is 217 Å². The highest BCUT2D eigenvalue weighted by Gasteiger charge is 2.38. The number of benzene rings is 8. The molecule has 0 bridgehead atoms. The van der Waals surface area contributed by atoms with Gasteiger partial charge in [0.25, 0.3) is 0 Å². The van der Waals surface area contributed by atoms with Crippen LogP contribution in [0.15, 0.2) is 215 Å². The van der Waals surface area contributed by atoms with Crippen molar-refractivity contribution in [1.29, 1.82) is 0 Å². The molecule has 1 aromatic heterocycles. The third kappa shape index (κ3) is 7.03. The molecule has 1 N–H and O–H groups in total. The summed E-state index contributed by atoms with van der Waals surface area (Å²) in [6, 6.07) is 74.8. The normalized spacial score (nSPS) is 12.0. The van der Waals surface area contributed by atoms with Crippen molar-refractivity contribution in [2.75, 3.05) is 0 Å². The zero-order chi connectivity index (χ0) is 40.4. The van der Waals surface area contributed by atoms with Gasteiger partial charge in [0.15, 0.2) is 12.7 Å². The Morgan fingerprint density at radius 2 is 0.814 bits per heavy atom. The molecule has 0 fully saturated rings. The lowest BCUT2D eigenvalue weighted by Crippen LogP contribution is -2.65. The van der Waals surface area contributed by atoms with Crippen LogP contribution in [-0.2, 0) is 0 Å². The Labute approximate surface area is 348 Å². The summed E-state index contributed by atoms with van der Waals surface area (Å²) in [4.78, 5) is 0. The van der Waals surface area contributed by atoms with Crippen molar-refractivity contribution in [3.8, 4) is 0 Å². The van der Waals surface area contributed by atoms with Crippen LogP contribution in [0.2, 0.25) is 0 Å². The number of hydrogen-bond acceptors (Lipinski definition) is 2. The Morgan fingerprint density at radius 3 is 1.27 bits per heavy atom. The van der Waals surface area contributed by atoms with Gasteiger partial charge in [0, 0.05) is 49.4 Å². The van der Waals surface area contributed by atoms with Gasteiger partial charge in [-0.15, -0.1) is 0 Å². The highest BCUT2D eigenvalue weighted by Crippen LogP contribution is 2.52. The summed E-state index contributed by atoms with van der Waals surface area (Å²) in [7, 11) is -5.34. The highest BCUT2D eigenvalue weighted by molar-refractivity contribution is 7.88. The summed E-state index contributed by atoms with van der Waals surface area (Å²) in [5.41, 5.74) is 6.41. The predicted molar refractivity (Wildman–Crippen MR) is 255 cm³/mol. The van der Waals surface area contributed by atoms with Crippen LogP contribution in [-0.4, -0.2) is 0 Å². The number of nitrogens with zero attached hydrogens (tertiary/aromatic N) is 1. The third-order valence-electron chi connectivity index (χ3n) is 11.4. The molecule has 0 aliphatic heterocycles. The molecule has 3 nitrogen and oxygen atoms in total. The van der Waals surface area contributed by atoms with Gasteiger partial charge in [-0.2, -0.15) is 0 Å². The molecule has 0 amide bonds. The van der Waals surface area contributed by atoms with Crippen LogP contribution < -0.4 is 36.6 Å². The molecule has 9 aromatic rings. The summed E-state index contributed by atoms with van der Waals surface area (Å²) in [6.07, 6.45) is 0. The topological polar surface area (TPSA) is 39.5 Å². The minimum atomic E-state index is -2.73. The van der Waals surface area contributed by atoms with Crippen molar-refractivity contribution in [3.63, 3.8) is 0 Å². The number of hydrogen-bond donors (Lipinski definition) is 1. The average Bonchev–Trinajstić information content (AvgIpc) is 3.68. The summed E-state index contributed by atoms with van der Waals surface area (Å²) < 4.78 is 17.7. The fourth-order valence-electron chi connectivity index (χ4n) is 8.35. The number of furan rings is 1. The van der Waals surface area contributed by atoms with Crippen LogP contribution in [0.5, 0.6) is 0 Å². The zero-order valence-electron chi connectivity index (χ0n) is 34.0. The van der Waals surface area contributed by atoms with Crippen molar-refractivity contribution >= 4 is 79.2 Å². The molecule has 0 aliphatic carbocycles. The van der Waals surface area contributed by atoms with Crippen LogP contribution in [0.25, 0.3) is 21.9 Å². The SMILES string of the molecule is CC(C)c1ccc(N=P(c2ccccc2)(c2ccccc2)c2cccc3c2oc2c(P(=[NH+]c4ccc(C(C)C)cc4)(c4ccccc4)c4ccccc4)cccc23)cc1. The lowest BCUT2D eigenvalue weighted by Gasteiger charge is -2.27. The number of fused-ring (bicyclic) bond motifs is 3. The van der Waals surface area contributed by atoms with Gasteiger partial charge in [-0.1, -0.05) is 173 Å². The Kier molecular flexibility index (Phi) is 10.7. The van der Waals surface area contributed by atoms with Gasteiger partial charge in [0.05, 0.1) is 18.0 Å². The van der Waals surface area contributed by atoms with Gasteiger partial charge in [-0.05, 0) is 71.5 Å². The zero-order valence-corrected chi connectivity index (χ0v) is 35.8. The summed E-state index contributed by atoms with van der Waals surface area (Å²) in [5, 5.41) is 9.22. The maximum atomic E-state index is 7.54. The van der Waals surface area contributed by atoms with Crippen molar-refractivity contribution in [2.45, 2.75) is 39.5 Å². The molecule has 59 heavy (non-hydrogen) atoms. The standard InChI is InChI=1S/C54H48N2OP2/c1-39(2)41-31-35-43(36-32-41)55-58(45-19-9-5-10-20-45,46-21-11-6-12-22-46)51-29-17-27-49-50-28-18-30-52(54(50)57-53(49)51)59(47-23-13-7-14-24-47,48-25-15-8-16-26-48)56-44-37-33-42(34-38-44)40(3)4/h5-40H,1-4H3/p+1. The molecule has 5 heteroatoms. The van der Waals surface area contributed by atoms with E-state index in [1.54, 1.807) is 0 Å². The largest absolute Gasteiger partial charge is 0.454 e. The van der Waals surface area contributed by atoms with E-state index in [0.717, 1.165) is 43.9 Å². The second kappa shape index (κ2) is 16.3. The van der Waals surface area contributed by atoms with Crippen LogP contribution >= 0.6 is 14.1 Å². The molecular weight excluding hydrogens is 755 g/mol. The van der Waals surface area contributed by atoms with Crippen molar-refractivity contribution in [1.82, 2.24) is 0 Å². The summed E-state index contributed by atoms with van der Waals surface area (Å²) in [5.74, 6) is 0.874. The van der Waals surface area contributed by atoms with E-state index in [2.05, 4.69) is 239 Å². The van der Waals surface area contributed by atoms with Crippen LogP contribution in [0.3, 0.4) is 0 Å². The molecule has 0 unspecified atom stereocenters. The first-order valence-corrected chi connectivity index (χ1v) is 24.1. The van der Waals surface area contributed by atoms with E-state index in [-0.39, 0.29) is 0 Å². The maximum absolute atomic E-state index is 7.54. The van der Waals surface area contributed by atoms with E-state index in [1.165, 1.54) is 32.3 Å². The molecule has 0 atom stereocenters. The monoisotopic (exact) mass is 803 g/mol. The fraction of sp³-hybridized carbons (Fsp3) is 0.111. The second-order valence-corrected chi connectivity index (χ2v) is 21.9.